The van der Waals surface area contributed by atoms with Crippen molar-refractivity contribution < 1.29 is 4.79 Å². The van der Waals surface area contributed by atoms with E-state index in [0.29, 0.717) is 10.7 Å². The van der Waals surface area contributed by atoms with Crippen LogP contribution in [0.3, 0.4) is 0 Å². The minimum absolute atomic E-state index is 0. The summed E-state index contributed by atoms with van der Waals surface area (Å²) >= 11 is 5.94. The molecule has 1 aromatic heterocycles. The number of carbonyl (C=O) groups excluding carboxylic acids is 1. The number of piperidine rings is 1. The summed E-state index contributed by atoms with van der Waals surface area (Å²) in [5.41, 5.74) is 1.24. The highest BCUT2D eigenvalue weighted by atomic mass is 35.5. The Morgan fingerprint density at radius 1 is 1.24 bits per heavy atom. The number of nitrogens with one attached hydrogen (secondary N) is 2. The van der Waals surface area contributed by atoms with Crippen molar-refractivity contribution >= 4 is 40.8 Å². The molecule has 0 saturated carbocycles. The van der Waals surface area contributed by atoms with Crippen LogP contribution in [0.5, 0.6) is 0 Å². The SMILES string of the molecule is Cl.O=C(NC1CCNCC1)c1ccc2cc(Cl)ccc2n1. The Balaban J connectivity index is 0.00000161. The molecule has 0 bridgehead atoms. The number of rotatable bonds is 2. The fraction of sp³-hybridized carbons (Fsp3) is 0.333. The lowest BCUT2D eigenvalue weighted by Gasteiger charge is -2.23. The normalized spacial score (nSPS) is 15.5. The third-order valence-corrected chi connectivity index (χ3v) is 3.79. The van der Waals surface area contributed by atoms with E-state index in [0.717, 1.165) is 36.8 Å². The maximum absolute atomic E-state index is 12.2. The lowest BCUT2D eigenvalue weighted by molar-refractivity contribution is 0.0925. The zero-order valence-electron chi connectivity index (χ0n) is 11.4. The number of halogens is 2. The van der Waals surface area contributed by atoms with Crippen molar-refractivity contribution in [3.05, 3.63) is 41.0 Å². The molecule has 0 aliphatic carbocycles. The molecule has 2 N–H and O–H groups in total. The van der Waals surface area contributed by atoms with Gasteiger partial charge in [0.15, 0.2) is 0 Å². The summed E-state index contributed by atoms with van der Waals surface area (Å²) in [5.74, 6) is -0.103. The maximum atomic E-state index is 12.2. The quantitative estimate of drug-likeness (QED) is 0.892. The van der Waals surface area contributed by atoms with E-state index >= 15 is 0 Å². The standard InChI is InChI=1S/C15H16ClN3O.ClH/c16-11-2-4-13-10(9-11)1-3-14(19-13)15(20)18-12-5-7-17-8-6-12;/h1-4,9,12,17H,5-8H2,(H,18,20);1H. The minimum Gasteiger partial charge on any atom is -0.348 e. The lowest BCUT2D eigenvalue weighted by Crippen LogP contribution is -2.42. The Kier molecular flexibility index (Phi) is 5.39. The number of nitrogens with zero attached hydrogens (tertiary/aromatic N) is 1. The molecule has 4 nitrogen and oxygen atoms in total. The van der Waals surface area contributed by atoms with Crippen LogP contribution in [0.25, 0.3) is 10.9 Å². The van der Waals surface area contributed by atoms with Gasteiger partial charge in [0.1, 0.15) is 5.69 Å². The summed E-state index contributed by atoms with van der Waals surface area (Å²) in [6, 6.07) is 9.33. The molecule has 1 aliphatic rings. The molecule has 2 heterocycles. The van der Waals surface area contributed by atoms with Crippen LogP contribution >= 0.6 is 24.0 Å². The molecule has 3 rings (SSSR count). The number of aromatic nitrogens is 1. The van der Waals surface area contributed by atoms with Gasteiger partial charge < -0.3 is 10.6 Å². The van der Waals surface area contributed by atoms with E-state index in [1.165, 1.54) is 0 Å². The van der Waals surface area contributed by atoms with Crippen molar-refractivity contribution in [2.45, 2.75) is 18.9 Å². The fourth-order valence-electron chi connectivity index (χ4n) is 2.45. The first-order valence-corrected chi connectivity index (χ1v) is 7.18. The highest BCUT2D eigenvalue weighted by Crippen LogP contribution is 2.18. The Bertz CT molecular complexity index is 642. The first-order chi connectivity index (χ1) is 9.72. The molecule has 21 heavy (non-hydrogen) atoms. The topological polar surface area (TPSA) is 54.0 Å². The zero-order valence-corrected chi connectivity index (χ0v) is 13.0. The molecule has 1 aliphatic heterocycles. The van der Waals surface area contributed by atoms with Gasteiger partial charge in [-0.1, -0.05) is 17.7 Å². The number of carbonyl (C=O) groups is 1. The van der Waals surface area contributed by atoms with E-state index in [-0.39, 0.29) is 24.4 Å². The van der Waals surface area contributed by atoms with Gasteiger partial charge in [-0.3, -0.25) is 4.79 Å². The van der Waals surface area contributed by atoms with Crippen molar-refractivity contribution in [3.63, 3.8) is 0 Å². The van der Waals surface area contributed by atoms with E-state index in [1.807, 2.05) is 18.2 Å². The Morgan fingerprint density at radius 2 is 2.00 bits per heavy atom. The minimum atomic E-state index is -0.103. The van der Waals surface area contributed by atoms with Crippen LogP contribution in [0.2, 0.25) is 5.02 Å². The molecule has 0 atom stereocenters. The van der Waals surface area contributed by atoms with Crippen LogP contribution in [-0.4, -0.2) is 30.0 Å². The van der Waals surface area contributed by atoms with Crippen molar-refractivity contribution in [3.8, 4) is 0 Å². The average molecular weight is 326 g/mol. The van der Waals surface area contributed by atoms with Gasteiger partial charge in [-0.2, -0.15) is 0 Å². The Labute approximate surface area is 134 Å². The van der Waals surface area contributed by atoms with E-state index in [4.69, 9.17) is 11.6 Å². The van der Waals surface area contributed by atoms with Gasteiger partial charge in [-0.25, -0.2) is 4.98 Å². The third kappa shape index (κ3) is 3.84. The smallest absolute Gasteiger partial charge is 0.270 e. The predicted molar refractivity (Wildman–Crippen MR) is 87.4 cm³/mol. The summed E-state index contributed by atoms with van der Waals surface area (Å²) < 4.78 is 0. The second-order valence-corrected chi connectivity index (χ2v) is 5.47. The van der Waals surface area contributed by atoms with E-state index in [1.54, 1.807) is 12.1 Å². The zero-order chi connectivity index (χ0) is 13.9. The van der Waals surface area contributed by atoms with Crippen molar-refractivity contribution in [1.29, 1.82) is 0 Å². The molecule has 1 aromatic carbocycles. The molecule has 1 saturated heterocycles. The van der Waals surface area contributed by atoms with Gasteiger partial charge in [0.2, 0.25) is 0 Å². The first kappa shape index (κ1) is 16.0. The molecule has 1 amide bonds. The first-order valence-electron chi connectivity index (χ1n) is 6.80. The molecule has 0 radical (unpaired) electrons. The van der Waals surface area contributed by atoms with Crippen LogP contribution in [0.1, 0.15) is 23.3 Å². The number of benzene rings is 1. The van der Waals surface area contributed by atoms with Crippen LogP contribution in [0.15, 0.2) is 30.3 Å². The molecule has 1 fully saturated rings. The monoisotopic (exact) mass is 325 g/mol. The van der Waals surface area contributed by atoms with Gasteiger partial charge in [-0.15, -0.1) is 12.4 Å². The van der Waals surface area contributed by atoms with Crippen LogP contribution in [0.4, 0.5) is 0 Å². The Morgan fingerprint density at radius 3 is 2.76 bits per heavy atom. The number of pyridine rings is 1. The molecule has 0 unspecified atom stereocenters. The van der Waals surface area contributed by atoms with Crippen molar-refractivity contribution in [2.24, 2.45) is 0 Å². The van der Waals surface area contributed by atoms with Crippen LogP contribution in [0, 0.1) is 0 Å². The summed E-state index contributed by atoms with van der Waals surface area (Å²) in [7, 11) is 0. The summed E-state index contributed by atoms with van der Waals surface area (Å²) in [6.07, 6.45) is 1.93. The summed E-state index contributed by atoms with van der Waals surface area (Å²) in [4.78, 5) is 16.6. The number of amides is 1. The van der Waals surface area contributed by atoms with Crippen molar-refractivity contribution in [1.82, 2.24) is 15.6 Å². The van der Waals surface area contributed by atoms with E-state index in [9.17, 15) is 4.79 Å². The summed E-state index contributed by atoms with van der Waals surface area (Å²) in [6.45, 7) is 1.91. The molecular weight excluding hydrogens is 309 g/mol. The molecular formula is C15H17Cl2N3O. The van der Waals surface area contributed by atoms with E-state index < -0.39 is 0 Å². The molecule has 112 valence electrons. The van der Waals surface area contributed by atoms with Gasteiger partial charge in [-0.05, 0) is 50.2 Å². The number of fused-ring (bicyclic) bond motifs is 1. The van der Waals surface area contributed by atoms with Crippen LogP contribution < -0.4 is 10.6 Å². The van der Waals surface area contributed by atoms with Crippen LogP contribution in [-0.2, 0) is 0 Å². The molecule has 2 aromatic rings. The number of hydrogen-bond acceptors (Lipinski definition) is 3. The Hall–Kier alpha value is -1.36. The van der Waals surface area contributed by atoms with Gasteiger partial charge in [0.25, 0.3) is 5.91 Å². The average Bonchev–Trinajstić information content (AvgIpc) is 2.47. The predicted octanol–water partition coefficient (Wildman–Crippen LogP) is 2.79. The van der Waals surface area contributed by atoms with Gasteiger partial charge in [0.05, 0.1) is 5.52 Å². The van der Waals surface area contributed by atoms with Gasteiger partial charge >= 0.3 is 0 Å². The highest BCUT2D eigenvalue weighted by Gasteiger charge is 2.17. The highest BCUT2D eigenvalue weighted by molar-refractivity contribution is 6.31. The van der Waals surface area contributed by atoms with Crippen molar-refractivity contribution in [2.75, 3.05) is 13.1 Å². The largest absolute Gasteiger partial charge is 0.348 e. The molecule has 0 spiro atoms. The summed E-state index contributed by atoms with van der Waals surface area (Å²) in [5, 5.41) is 7.93. The molecule has 6 heteroatoms. The fourth-order valence-corrected chi connectivity index (χ4v) is 2.63. The lowest BCUT2D eigenvalue weighted by atomic mass is 10.1. The van der Waals surface area contributed by atoms with E-state index in [2.05, 4.69) is 15.6 Å². The number of hydrogen-bond donors (Lipinski definition) is 2. The second-order valence-electron chi connectivity index (χ2n) is 5.03. The second kappa shape index (κ2) is 7.07. The van der Waals surface area contributed by atoms with Gasteiger partial charge in [0, 0.05) is 16.5 Å². The third-order valence-electron chi connectivity index (χ3n) is 3.56. The maximum Gasteiger partial charge on any atom is 0.270 e.